The summed E-state index contributed by atoms with van der Waals surface area (Å²) in [4.78, 5) is 3.30. The van der Waals surface area contributed by atoms with Crippen molar-refractivity contribution in [1.29, 1.82) is 0 Å². The maximum atomic E-state index is 3.30. The van der Waals surface area contributed by atoms with Crippen LogP contribution >= 0.6 is 0 Å². The fraction of sp³-hybridized carbons (Fsp3) is 0.0556. The highest BCUT2D eigenvalue weighted by Gasteiger charge is 2.06. The van der Waals surface area contributed by atoms with E-state index in [1.165, 1.54) is 22.3 Å². The zero-order valence-corrected chi connectivity index (χ0v) is 10.9. The van der Waals surface area contributed by atoms with Crippen LogP contribution in [0.15, 0.2) is 72.9 Å². The summed E-state index contributed by atoms with van der Waals surface area (Å²) in [6.07, 6.45) is 1.99. The average Bonchev–Trinajstić information content (AvgIpc) is 2.48. The second-order valence-corrected chi connectivity index (χ2v) is 4.73. The van der Waals surface area contributed by atoms with Gasteiger partial charge in [0.2, 0.25) is 5.69 Å². The van der Waals surface area contributed by atoms with E-state index in [2.05, 4.69) is 72.6 Å². The Hall–Kier alpha value is -2.41. The van der Waals surface area contributed by atoms with Crippen molar-refractivity contribution in [2.45, 2.75) is 6.92 Å². The topological polar surface area (TPSA) is 14.1 Å². The number of hydrogen-bond donors (Lipinski definition) is 0. The number of hydrogen-bond acceptors (Lipinski definition) is 0. The summed E-state index contributed by atoms with van der Waals surface area (Å²) in [6, 6.07) is 23.3. The normalized spacial score (nSPS) is 10.4. The zero-order valence-electron chi connectivity index (χ0n) is 10.9. The first-order valence-electron chi connectivity index (χ1n) is 6.47. The average molecular weight is 246 g/mol. The maximum Gasteiger partial charge on any atom is 0.211 e. The Bertz CT molecular complexity index is 687. The molecule has 0 saturated carbocycles. The van der Waals surface area contributed by atoms with Gasteiger partial charge in [0.05, 0.1) is 0 Å². The zero-order chi connectivity index (χ0) is 13.1. The van der Waals surface area contributed by atoms with Crippen molar-refractivity contribution in [1.82, 2.24) is 0 Å². The van der Waals surface area contributed by atoms with Gasteiger partial charge in [-0.2, -0.15) is 0 Å². The summed E-state index contributed by atoms with van der Waals surface area (Å²) in [5.41, 5.74) is 6.12. The fourth-order valence-electron chi connectivity index (χ4n) is 2.24. The number of benzene rings is 2. The van der Waals surface area contributed by atoms with E-state index in [4.69, 9.17) is 0 Å². The van der Waals surface area contributed by atoms with Crippen LogP contribution < -0.4 is 4.98 Å². The van der Waals surface area contributed by atoms with E-state index in [1.54, 1.807) is 0 Å². The second kappa shape index (κ2) is 5.07. The van der Waals surface area contributed by atoms with Gasteiger partial charge in [-0.15, -0.1) is 0 Å². The van der Waals surface area contributed by atoms with Gasteiger partial charge < -0.3 is 0 Å². The molecule has 1 heteroatoms. The molecule has 1 N–H and O–H groups in total. The quantitative estimate of drug-likeness (QED) is 0.645. The van der Waals surface area contributed by atoms with Gasteiger partial charge in [0.1, 0.15) is 0 Å². The summed E-state index contributed by atoms with van der Waals surface area (Å²) in [6.45, 7) is 2.11. The fourth-order valence-corrected chi connectivity index (χ4v) is 2.24. The van der Waals surface area contributed by atoms with Crippen LogP contribution in [0.1, 0.15) is 5.56 Å². The van der Waals surface area contributed by atoms with Crippen LogP contribution in [-0.4, -0.2) is 0 Å². The van der Waals surface area contributed by atoms with Crippen LogP contribution in [-0.2, 0) is 0 Å². The molecule has 0 amide bonds. The predicted octanol–water partition coefficient (Wildman–Crippen LogP) is 4.14. The molecule has 3 rings (SSSR count). The summed E-state index contributed by atoms with van der Waals surface area (Å²) in [5.74, 6) is 0. The lowest BCUT2D eigenvalue weighted by Crippen LogP contribution is -2.05. The van der Waals surface area contributed by atoms with Gasteiger partial charge in [0.15, 0.2) is 6.20 Å². The first-order valence-corrected chi connectivity index (χ1v) is 6.47. The summed E-state index contributed by atoms with van der Waals surface area (Å²) in [5, 5.41) is 0. The van der Waals surface area contributed by atoms with Gasteiger partial charge in [0.25, 0.3) is 0 Å². The molecule has 0 aliphatic carbocycles. The van der Waals surface area contributed by atoms with E-state index in [9.17, 15) is 0 Å². The highest BCUT2D eigenvalue weighted by molar-refractivity contribution is 5.70. The third-order valence-electron chi connectivity index (χ3n) is 3.24. The lowest BCUT2D eigenvalue weighted by atomic mass is 10.0. The number of nitrogens with one attached hydrogen (secondary N) is 1. The Morgan fingerprint density at radius 3 is 2.21 bits per heavy atom. The number of rotatable bonds is 2. The minimum Gasteiger partial charge on any atom is -0.211 e. The summed E-state index contributed by atoms with van der Waals surface area (Å²) >= 11 is 0. The first kappa shape index (κ1) is 11.7. The van der Waals surface area contributed by atoms with Crippen LogP contribution in [0.25, 0.3) is 22.4 Å². The van der Waals surface area contributed by atoms with Crippen LogP contribution in [0.5, 0.6) is 0 Å². The lowest BCUT2D eigenvalue weighted by molar-refractivity contribution is -0.364. The van der Waals surface area contributed by atoms with Crippen molar-refractivity contribution >= 4 is 0 Å². The Kier molecular flexibility index (Phi) is 3.11. The van der Waals surface area contributed by atoms with E-state index >= 15 is 0 Å². The Morgan fingerprint density at radius 1 is 0.684 bits per heavy atom. The van der Waals surface area contributed by atoms with Crippen molar-refractivity contribution in [3.8, 4) is 22.4 Å². The number of aryl methyl sites for hydroxylation is 1. The molecule has 3 aromatic rings. The number of pyridine rings is 1. The van der Waals surface area contributed by atoms with Crippen molar-refractivity contribution in [2.75, 3.05) is 0 Å². The largest absolute Gasteiger partial charge is 0.211 e. The van der Waals surface area contributed by atoms with Gasteiger partial charge in [-0.25, -0.2) is 4.98 Å². The first-order chi connectivity index (χ1) is 9.33. The van der Waals surface area contributed by atoms with Gasteiger partial charge in [-0.1, -0.05) is 42.5 Å². The molecule has 0 aliphatic rings. The smallest absolute Gasteiger partial charge is 0.211 e. The van der Waals surface area contributed by atoms with Crippen LogP contribution in [0.4, 0.5) is 0 Å². The highest BCUT2D eigenvalue weighted by atomic mass is 14.7. The minimum absolute atomic E-state index is 1.15. The van der Waals surface area contributed by atoms with E-state index < -0.39 is 0 Å². The Labute approximate surface area is 113 Å². The highest BCUT2D eigenvalue weighted by Crippen LogP contribution is 2.24. The van der Waals surface area contributed by atoms with Crippen molar-refractivity contribution < 1.29 is 4.98 Å². The van der Waals surface area contributed by atoms with Gasteiger partial charge >= 0.3 is 0 Å². The van der Waals surface area contributed by atoms with Crippen LogP contribution in [0, 0.1) is 6.92 Å². The molecule has 1 heterocycles. The number of aromatic nitrogens is 1. The van der Waals surface area contributed by atoms with Gasteiger partial charge in [0, 0.05) is 17.7 Å². The third kappa shape index (κ3) is 2.55. The molecule has 0 atom stereocenters. The second-order valence-electron chi connectivity index (χ2n) is 4.73. The molecule has 2 aromatic carbocycles. The molecule has 19 heavy (non-hydrogen) atoms. The molecule has 1 nitrogen and oxygen atoms in total. The molecular weight excluding hydrogens is 230 g/mol. The number of aromatic amines is 1. The lowest BCUT2D eigenvalue weighted by Gasteiger charge is -2.03. The predicted molar refractivity (Wildman–Crippen MR) is 78.6 cm³/mol. The molecule has 0 radical (unpaired) electrons. The minimum atomic E-state index is 1.15. The molecule has 0 fully saturated rings. The number of H-pyrrole nitrogens is 1. The standard InChI is InChI=1S/C18H15N/c1-14-10-11-19-18(12-14)17-9-5-8-16(13-17)15-6-3-2-4-7-15/h2-13H,1H3/p+1. The Morgan fingerprint density at radius 2 is 1.42 bits per heavy atom. The van der Waals surface area contributed by atoms with Crippen molar-refractivity contribution in [3.05, 3.63) is 78.5 Å². The monoisotopic (exact) mass is 246 g/mol. The molecule has 0 bridgehead atoms. The summed E-state index contributed by atoms with van der Waals surface area (Å²) < 4.78 is 0. The van der Waals surface area contributed by atoms with E-state index in [0.29, 0.717) is 0 Å². The van der Waals surface area contributed by atoms with Crippen molar-refractivity contribution in [3.63, 3.8) is 0 Å². The molecule has 0 unspecified atom stereocenters. The van der Waals surface area contributed by atoms with E-state index in [-0.39, 0.29) is 0 Å². The molecule has 92 valence electrons. The van der Waals surface area contributed by atoms with Crippen LogP contribution in [0.3, 0.4) is 0 Å². The Balaban J connectivity index is 2.06. The maximum absolute atomic E-state index is 3.30. The van der Waals surface area contributed by atoms with Gasteiger partial charge in [-0.3, -0.25) is 0 Å². The molecule has 0 spiro atoms. The SMILES string of the molecule is Cc1cc[nH+]c(-c2cccc(-c3ccccc3)c2)c1. The van der Waals surface area contributed by atoms with Crippen molar-refractivity contribution in [2.24, 2.45) is 0 Å². The van der Waals surface area contributed by atoms with Gasteiger partial charge in [-0.05, 0) is 35.7 Å². The molecule has 1 aromatic heterocycles. The van der Waals surface area contributed by atoms with E-state index in [1.807, 2.05) is 12.3 Å². The molecular formula is C18H16N+. The van der Waals surface area contributed by atoms with Crippen LogP contribution in [0.2, 0.25) is 0 Å². The third-order valence-corrected chi connectivity index (χ3v) is 3.24. The molecule has 0 saturated heterocycles. The van der Waals surface area contributed by atoms with E-state index in [0.717, 1.165) is 5.69 Å². The summed E-state index contributed by atoms with van der Waals surface area (Å²) in [7, 11) is 0. The molecule has 0 aliphatic heterocycles.